The molecule has 1 aromatic heterocycles. The molecule has 2 aliphatic heterocycles. The van der Waals surface area contributed by atoms with Crippen molar-refractivity contribution in [2.45, 2.75) is 17.4 Å². The van der Waals surface area contributed by atoms with E-state index in [0.717, 1.165) is 67.3 Å². The Morgan fingerprint density at radius 1 is 0.397 bits per heavy atom. The highest BCUT2D eigenvalue weighted by molar-refractivity contribution is 5.90. The number of allylic oxidation sites excluding steroid dienone is 2. The van der Waals surface area contributed by atoms with Gasteiger partial charge < -0.3 is 9.47 Å². The van der Waals surface area contributed by atoms with Crippen LogP contribution in [0, 0.1) is 0 Å². The molecule has 2 unspecified atom stereocenters. The monoisotopic (exact) mass is 807 g/mol. The minimum Gasteiger partial charge on any atom is -0.484 e. The molecule has 0 fully saturated rings. The number of ether oxygens (including phenoxy) is 2. The standard InChI is InChI=1S/C58H37N3O2/c1-2-15-37(16-3-1)55-59-56(38-31-29-36(30-32-38)41-22-14-23-45-44-20-8-12-27-51(44)63-54(41)45)61-57(60-55)46-21-5-4-17-40(46)39-33-34-53-50(35-39)58(49-26-11-13-28-52(49)62-53)47-24-9-6-18-42(47)43-19-7-10-25-48(43)58/h1-35,45,54H. The molecule has 0 amide bonds. The molecule has 13 rings (SSSR count). The number of rotatable bonds is 5. The van der Waals surface area contributed by atoms with E-state index in [1.165, 1.54) is 27.8 Å². The molecule has 63 heavy (non-hydrogen) atoms. The second-order valence-corrected chi connectivity index (χ2v) is 16.6. The number of aromatic nitrogens is 3. The van der Waals surface area contributed by atoms with Gasteiger partial charge in [0.1, 0.15) is 23.4 Å². The van der Waals surface area contributed by atoms with Crippen molar-refractivity contribution in [1.82, 2.24) is 15.0 Å². The number of hydrogen-bond acceptors (Lipinski definition) is 5. The van der Waals surface area contributed by atoms with Crippen LogP contribution in [0.1, 0.15) is 39.3 Å². The summed E-state index contributed by atoms with van der Waals surface area (Å²) in [4.78, 5) is 15.6. The Morgan fingerprint density at radius 3 is 1.68 bits per heavy atom. The fraction of sp³-hybridized carbons (Fsp3) is 0.0517. The van der Waals surface area contributed by atoms with Crippen molar-refractivity contribution in [3.05, 3.63) is 246 Å². The molecule has 296 valence electrons. The van der Waals surface area contributed by atoms with Crippen molar-refractivity contribution in [2.75, 3.05) is 0 Å². The smallest absolute Gasteiger partial charge is 0.164 e. The Balaban J connectivity index is 0.939. The van der Waals surface area contributed by atoms with E-state index in [4.69, 9.17) is 24.4 Å². The Morgan fingerprint density at radius 2 is 0.937 bits per heavy atom. The quantitative estimate of drug-likeness (QED) is 0.173. The third kappa shape index (κ3) is 5.39. The highest BCUT2D eigenvalue weighted by Crippen LogP contribution is 2.62. The predicted octanol–water partition coefficient (Wildman–Crippen LogP) is 13.5. The SMILES string of the molecule is C1=CC2c3ccccc3OC2C(c2ccc(-c3nc(-c4ccccc4)nc(-c4ccccc4-c4ccc5c(c4)C4(c6ccccc6O5)c5ccccc5-c5ccccc54)n3)cc2)=C1. The molecule has 2 aliphatic carbocycles. The molecule has 8 aromatic carbocycles. The lowest BCUT2D eigenvalue weighted by Crippen LogP contribution is -2.32. The van der Waals surface area contributed by atoms with E-state index in [9.17, 15) is 0 Å². The normalized spacial score (nSPS) is 16.7. The van der Waals surface area contributed by atoms with Crippen molar-refractivity contribution in [1.29, 1.82) is 0 Å². The zero-order valence-corrected chi connectivity index (χ0v) is 34.0. The molecule has 4 aliphatic rings. The van der Waals surface area contributed by atoms with Gasteiger partial charge in [-0.25, -0.2) is 15.0 Å². The second kappa shape index (κ2) is 13.9. The first-order valence-electron chi connectivity index (χ1n) is 21.5. The fourth-order valence-corrected chi connectivity index (χ4v) is 10.4. The predicted molar refractivity (Wildman–Crippen MR) is 250 cm³/mol. The van der Waals surface area contributed by atoms with Crippen LogP contribution in [-0.4, -0.2) is 21.1 Å². The summed E-state index contributed by atoms with van der Waals surface area (Å²) < 4.78 is 13.3. The number of para-hydroxylation sites is 2. The molecule has 5 heteroatoms. The van der Waals surface area contributed by atoms with Crippen LogP contribution in [0.4, 0.5) is 0 Å². The van der Waals surface area contributed by atoms with Gasteiger partial charge >= 0.3 is 0 Å². The highest BCUT2D eigenvalue weighted by Gasteiger charge is 2.51. The van der Waals surface area contributed by atoms with E-state index in [1.807, 2.05) is 24.3 Å². The summed E-state index contributed by atoms with van der Waals surface area (Å²) in [6.07, 6.45) is 6.50. The van der Waals surface area contributed by atoms with E-state index >= 15 is 0 Å². The van der Waals surface area contributed by atoms with Crippen LogP contribution < -0.4 is 9.47 Å². The third-order valence-electron chi connectivity index (χ3n) is 13.2. The first-order valence-corrected chi connectivity index (χ1v) is 21.5. The maximum atomic E-state index is 6.77. The first-order chi connectivity index (χ1) is 31.2. The van der Waals surface area contributed by atoms with Gasteiger partial charge in [0.25, 0.3) is 0 Å². The molecule has 3 heterocycles. The number of benzene rings is 8. The van der Waals surface area contributed by atoms with Gasteiger partial charge in [-0.1, -0.05) is 188 Å². The minimum absolute atomic E-state index is 0.0684. The molecule has 5 nitrogen and oxygen atoms in total. The summed E-state index contributed by atoms with van der Waals surface area (Å²) in [5.74, 6) is 4.68. The zero-order chi connectivity index (χ0) is 41.5. The summed E-state index contributed by atoms with van der Waals surface area (Å²) in [6, 6.07) is 68.3. The molecule has 0 saturated carbocycles. The Labute approximate surface area is 365 Å². The van der Waals surface area contributed by atoms with Gasteiger partial charge in [0.2, 0.25) is 0 Å². The van der Waals surface area contributed by atoms with Crippen molar-refractivity contribution in [3.8, 4) is 73.7 Å². The zero-order valence-electron chi connectivity index (χ0n) is 34.0. The summed E-state index contributed by atoms with van der Waals surface area (Å²) in [5.41, 5.74) is 15.0. The highest BCUT2D eigenvalue weighted by atomic mass is 16.5. The Bertz CT molecular complexity index is 3320. The first kappa shape index (κ1) is 35.6. The molecule has 0 saturated heterocycles. The van der Waals surface area contributed by atoms with Crippen molar-refractivity contribution in [2.24, 2.45) is 0 Å². The lowest BCUT2D eigenvalue weighted by Gasteiger charge is -2.39. The van der Waals surface area contributed by atoms with E-state index < -0.39 is 5.41 Å². The van der Waals surface area contributed by atoms with E-state index in [0.29, 0.717) is 17.5 Å². The van der Waals surface area contributed by atoms with Gasteiger partial charge in [-0.15, -0.1) is 0 Å². The van der Waals surface area contributed by atoms with Crippen LogP contribution in [0.5, 0.6) is 17.2 Å². The van der Waals surface area contributed by atoms with E-state index in [1.54, 1.807) is 0 Å². The Hall–Kier alpha value is -8.15. The summed E-state index contributed by atoms with van der Waals surface area (Å²) in [5, 5.41) is 0. The lowest BCUT2D eigenvalue weighted by atomic mass is 9.65. The van der Waals surface area contributed by atoms with Crippen LogP contribution in [-0.2, 0) is 5.41 Å². The number of fused-ring (bicyclic) bond motifs is 12. The Kier molecular flexibility index (Phi) is 7.88. The second-order valence-electron chi connectivity index (χ2n) is 16.6. The van der Waals surface area contributed by atoms with Gasteiger partial charge in [0.15, 0.2) is 17.5 Å². The molecule has 2 atom stereocenters. The maximum Gasteiger partial charge on any atom is 0.164 e. The van der Waals surface area contributed by atoms with Crippen LogP contribution in [0.15, 0.2) is 212 Å². The van der Waals surface area contributed by atoms with Gasteiger partial charge in [0, 0.05) is 44.9 Å². The van der Waals surface area contributed by atoms with Crippen LogP contribution >= 0.6 is 0 Å². The summed E-state index contributed by atoms with van der Waals surface area (Å²) in [7, 11) is 0. The van der Waals surface area contributed by atoms with Crippen LogP contribution in [0.3, 0.4) is 0 Å². The molecule has 9 aromatic rings. The number of hydrogen-bond donors (Lipinski definition) is 0. The lowest BCUT2D eigenvalue weighted by molar-refractivity contribution is 0.278. The molecule has 0 bridgehead atoms. The van der Waals surface area contributed by atoms with Crippen molar-refractivity contribution < 1.29 is 9.47 Å². The summed E-state index contributed by atoms with van der Waals surface area (Å²) in [6.45, 7) is 0. The molecule has 0 radical (unpaired) electrons. The average molecular weight is 808 g/mol. The minimum atomic E-state index is -0.575. The van der Waals surface area contributed by atoms with Gasteiger partial charge in [0.05, 0.1) is 5.41 Å². The molecule has 1 spiro atoms. The van der Waals surface area contributed by atoms with Gasteiger partial charge in [-0.2, -0.15) is 0 Å². The van der Waals surface area contributed by atoms with Crippen molar-refractivity contribution >= 4 is 5.57 Å². The van der Waals surface area contributed by atoms with Crippen molar-refractivity contribution in [3.63, 3.8) is 0 Å². The largest absolute Gasteiger partial charge is 0.484 e. The van der Waals surface area contributed by atoms with Gasteiger partial charge in [-0.05, 0) is 63.2 Å². The van der Waals surface area contributed by atoms with E-state index in [2.05, 4.69) is 188 Å². The molecular formula is C58H37N3O2. The van der Waals surface area contributed by atoms with Gasteiger partial charge in [-0.3, -0.25) is 0 Å². The van der Waals surface area contributed by atoms with Crippen LogP contribution in [0.2, 0.25) is 0 Å². The third-order valence-corrected chi connectivity index (χ3v) is 13.2. The average Bonchev–Trinajstić information content (AvgIpc) is 3.88. The molecular weight excluding hydrogens is 771 g/mol. The summed E-state index contributed by atoms with van der Waals surface area (Å²) >= 11 is 0. The molecule has 0 N–H and O–H groups in total. The maximum absolute atomic E-state index is 6.77. The number of nitrogens with zero attached hydrogens (tertiary/aromatic N) is 3. The van der Waals surface area contributed by atoms with E-state index in [-0.39, 0.29) is 12.0 Å². The topological polar surface area (TPSA) is 57.1 Å². The van der Waals surface area contributed by atoms with Crippen LogP contribution in [0.25, 0.3) is 62.0 Å². The fourth-order valence-electron chi connectivity index (χ4n) is 10.4.